The molecule has 26 heavy (non-hydrogen) atoms. The van der Waals surface area contributed by atoms with E-state index in [1.807, 2.05) is 0 Å². The largest absolute Gasteiger partial charge is 0.508 e. The zero-order valence-corrected chi connectivity index (χ0v) is 15.2. The number of benzene rings is 2. The number of halogens is 1. The molecule has 1 heterocycles. The van der Waals surface area contributed by atoms with Crippen LogP contribution < -0.4 is 0 Å². The maximum absolute atomic E-state index is 12.6. The van der Waals surface area contributed by atoms with Gasteiger partial charge in [-0.3, -0.25) is 4.79 Å². The Kier molecular flexibility index (Phi) is 5.08. The highest BCUT2D eigenvalue weighted by molar-refractivity contribution is 7.89. The summed E-state index contributed by atoms with van der Waals surface area (Å²) in [6.07, 6.45) is 0. The summed E-state index contributed by atoms with van der Waals surface area (Å²) in [5, 5.41) is 19.5. The molecule has 0 radical (unpaired) electrons. The van der Waals surface area contributed by atoms with Gasteiger partial charge >= 0.3 is 0 Å². The molecular formula is C17H17ClN2O5S. The summed E-state index contributed by atoms with van der Waals surface area (Å²) in [5.74, 6) is -0.797. The lowest BCUT2D eigenvalue weighted by molar-refractivity contribution is 0.0697. The van der Waals surface area contributed by atoms with E-state index in [1.54, 1.807) is 0 Å². The molecule has 0 unspecified atom stereocenters. The number of nitrogens with zero attached hydrogens (tertiary/aromatic N) is 2. The molecule has 3 rings (SSSR count). The van der Waals surface area contributed by atoms with Gasteiger partial charge in [-0.2, -0.15) is 4.31 Å². The fourth-order valence-corrected chi connectivity index (χ4v) is 4.34. The molecule has 0 aliphatic carbocycles. The Morgan fingerprint density at radius 1 is 0.923 bits per heavy atom. The van der Waals surface area contributed by atoms with Gasteiger partial charge in [0.05, 0.1) is 4.90 Å². The molecule has 0 spiro atoms. The van der Waals surface area contributed by atoms with Crippen molar-refractivity contribution in [1.82, 2.24) is 9.21 Å². The molecule has 1 aliphatic rings. The number of phenols is 2. The molecule has 9 heteroatoms. The van der Waals surface area contributed by atoms with Crippen molar-refractivity contribution in [3.8, 4) is 11.5 Å². The molecule has 1 amide bonds. The summed E-state index contributed by atoms with van der Waals surface area (Å²) < 4.78 is 26.6. The van der Waals surface area contributed by atoms with Crippen molar-refractivity contribution in [2.24, 2.45) is 0 Å². The number of phenolic OH excluding ortho intramolecular Hbond substituents is 2. The molecule has 1 aliphatic heterocycles. The van der Waals surface area contributed by atoms with Crippen LogP contribution in [0.15, 0.2) is 47.4 Å². The third-order valence-electron chi connectivity index (χ3n) is 4.13. The summed E-state index contributed by atoms with van der Waals surface area (Å²) in [4.78, 5) is 14.1. The number of rotatable bonds is 3. The van der Waals surface area contributed by atoms with Gasteiger partial charge in [0.25, 0.3) is 5.91 Å². The zero-order chi connectivity index (χ0) is 18.9. The molecular weight excluding hydrogens is 380 g/mol. The van der Waals surface area contributed by atoms with E-state index < -0.39 is 10.0 Å². The number of amides is 1. The zero-order valence-electron chi connectivity index (χ0n) is 13.7. The fourth-order valence-electron chi connectivity index (χ4n) is 2.79. The van der Waals surface area contributed by atoms with E-state index in [0.717, 1.165) is 6.07 Å². The van der Waals surface area contributed by atoms with Crippen molar-refractivity contribution in [3.05, 3.63) is 53.1 Å². The Bertz CT molecular complexity index is 902. The first-order valence-electron chi connectivity index (χ1n) is 7.85. The standard InChI is InChI=1S/C17H17ClN2O5S/c18-13-1-3-16(4-2-13)26(24,25)20-7-5-19(6-8-20)17(23)12-9-14(21)11-15(22)10-12/h1-4,9-11,21-22H,5-8H2. The van der Waals surface area contributed by atoms with Crippen molar-refractivity contribution in [2.75, 3.05) is 26.2 Å². The lowest BCUT2D eigenvalue weighted by Gasteiger charge is -2.34. The van der Waals surface area contributed by atoms with Gasteiger partial charge in [0.1, 0.15) is 11.5 Å². The highest BCUT2D eigenvalue weighted by atomic mass is 35.5. The van der Waals surface area contributed by atoms with Crippen LogP contribution in [0.1, 0.15) is 10.4 Å². The lowest BCUT2D eigenvalue weighted by atomic mass is 10.1. The molecule has 1 fully saturated rings. The minimum absolute atomic E-state index is 0.150. The average Bonchev–Trinajstić information content (AvgIpc) is 2.61. The molecule has 0 saturated carbocycles. The van der Waals surface area contributed by atoms with Crippen LogP contribution in [0.25, 0.3) is 0 Å². The van der Waals surface area contributed by atoms with Gasteiger partial charge in [-0.25, -0.2) is 8.42 Å². The molecule has 0 bridgehead atoms. The van der Waals surface area contributed by atoms with E-state index in [4.69, 9.17) is 11.6 Å². The van der Waals surface area contributed by atoms with Crippen molar-refractivity contribution in [1.29, 1.82) is 0 Å². The van der Waals surface area contributed by atoms with Gasteiger partial charge < -0.3 is 15.1 Å². The highest BCUT2D eigenvalue weighted by Crippen LogP contribution is 2.23. The van der Waals surface area contributed by atoms with E-state index in [0.29, 0.717) is 5.02 Å². The van der Waals surface area contributed by atoms with Crippen LogP contribution >= 0.6 is 11.6 Å². The first-order chi connectivity index (χ1) is 12.3. The van der Waals surface area contributed by atoms with Crippen LogP contribution in [0.3, 0.4) is 0 Å². The SMILES string of the molecule is O=C(c1cc(O)cc(O)c1)N1CCN(S(=O)(=O)c2ccc(Cl)cc2)CC1. The normalized spacial score (nSPS) is 15.8. The van der Waals surface area contributed by atoms with Crippen LogP contribution in [0.4, 0.5) is 0 Å². The van der Waals surface area contributed by atoms with E-state index in [9.17, 15) is 23.4 Å². The fraction of sp³-hybridized carbons (Fsp3) is 0.235. The van der Waals surface area contributed by atoms with E-state index in [1.165, 1.54) is 45.6 Å². The number of sulfonamides is 1. The molecule has 1 saturated heterocycles. The van der Waals surface area contributed by atoms with Gasteiger partial charge in [0.2, 0.25) is 10.0 Å². The van der Waals surface area contributed by atoms with Gasteiger partial charge in [-0.15, -0.1) is 0 Å². The topological polar surface area (TPSA) is 98.2 Å². The summed E-state index contributed by atoms with van der Waals surface area (Å²) in [7, 11) is -3.65. The Hall–Kier alpha value is -2.29. The number of carbonyl (C=O) groups is 1. The molecule has 2 aromatic carbocycles. The van der Waals surface area contributed by atoms with Crippen LogP contribution in [0.2, 0.25) is 5.02 Å². The second-order valence-electron chi connectivity index (χ2n) is 5.89. The smallest absolute Gasteiger partial charge is 0.254 e. The quantitative estimate of drug-likeness (QED) is 0.825. The Balaban J connectivity index is 1.70. The first kappa shape index (κ1) is 18.5. The van der Waals surface area contributed by atoms with E-state index in [-0.39, 0.29) is 54.0 Å². The minimum atomic E-state index is -3.65. The van der Waals surface area contributed by atoms with Crippen LogP contribution in [-0.2, 0) is 10.0 Å². The summed E-state index contributed by atoms with van der Waals surface area (Å²) in [6.45, 7) is 0.729. The molecule has 2 N–H and O–H groups in total. The summed E-state index contributed by atoms with van der Waals surface area (Å²) in [6, 6.07) is 9.59. The molecule has 0 atom stereocenters. The number of hydrogen-bond donors (Lipinski definition) is 2. The van der Waals surface area contributed by atoms with E-state index >= 15 is 0 Å². The van der Waals surface area contributed by atoms with Gasteiger partial charge in [0.15, 0.2) is 0 Å². The van der Waals surface area contributed by atoms with Gasteiger partial charge in [-0.05, 0) is 36.4 Å². The first-order valence-corrected chi connectivity index (χ1v) is 9.67. The Morgan fingerprint density at radius 2 is 1.46 bits per heavy atom. The van der Waals surface area contributed by atoms with Crippen LogP contribution in [0.5, 0.6) is 11.5 Å². The van der Waals surface area contributed by atoms with Crippen LogP contribution in [0, 0.1) is 0 Å². The van der Waals surface area contributed by atoms with Crippen molar-refractivity contribution >= 4 is 27.5 Å². The van der Waals surface area contributed by atoms with Crippen molar-refractivity contribution < 1.29 is 23.4 Å². The number of carbonyl (C=O) groups excluding carboxylic acids is 1. The number of aromatic hydroxyl groups is 2. The number of hydrogen-bond acceptors (Lipinski definition) is 5. The van der Waals surface area contributed by atoms with Crippen molar-refractivity contribution in [3.63, 3.8) is 0 Å². The second-order valence-corrected chi connectivity index (χ2v) is 8.26. The molecule has 7 nitrogen and oxygen atoms in total. The molecule has 0 aromatic heterocycles. The maximum Gasteiger partial charge on any atom is 0.254 e. The highest BCUT2D eigenvalue weighted by Gasteiger charge is 2.30. The van der Waals surface area contributed by atoms with Gasteiger partial charge in [-0.1, -0.05) is 11.6 Å². The molecule has 138 valence electrons. The van der Waals surface area contributed by atoms with Crippen molar-refractivity contribution in [2.45, 2.75) is 4.90 Å². The predicted octanol–water partition coefficient (Wildman–Crippen LogP) is 1.90. The maximum atomic E-state index is 12.6. The average molecular weight is 397 g/mol. The molecule has 2 aromatic rings. The monoisotopic (exact) mass is 396 g/mol. The third kappa shape index (κ3) is 3.77. The number of piperazine rings is 1. The predicted molar refractivity (Wildman–Crippen MR) is 95.9 cm³/mol. The van der Waals surface area contributed by atoms with E-state index in [2.05, 4.69) is 0 Å². The summed E-state index contributed by atoms with van der Waals surface area (Å²) >= 11 is 5.79. The summed E-state index contributed by atoms with van der Waals surface area (Å²) in [5.41, 5.74) is 0.150. The Morgan fingerprint density at radius 3 is 2.00 bits per heavy atom. The second kappa shape index (κ2) is 7.14. The minimum Gasteiger partial charge on any atom is -0.508 e. The lowest BCUT2D eigenvalue weighted by Crippen LogP contribution is -2.50. The van der Waals surface area contributed by atoms with Crippen LogP contribution in [-0.4, -0.2) is 59.9 Å². The van der Waals surface area contributed by atoms with Gasteiger partial charge in [0, 0.05) is 42.8 Å². The third-order valence-corrected chi connectivity index (χ3v) is 6.29. The Labute approximate surface area is 156 Å².